The van der Waals surface area contributed by atoms with E-state index in [9.17, 15) is 0 Å². The number of fused-ring (bicyclic) bond motifs is 1. The van der Waals surface area contributed by atoms with E-state index in [-0.39, 0.29) is 0 Å². The summed E-state index contributed by atoms with van der Waals surface area (Å²) in [6.07, 6.45) is 6.25. The second-order valence-electron chi connectivity index (χ2n) is 5.30. The van der Waals surface area contributed by atoms with Gasteiger partial charge < -0.3 is 10.2 Å². The Balaban J connectivity index is 1.88. The monoisotopic (exact) mass is 287 g/mol. The highest BCUT2D eigenvalue weighted by Crippen LogP contribution is 2.20. The standard InChI is InChI=1S/C17H25N3O/c1-2-3-4-5-8-11-21-13-15-12-14-9-6-7-10-16(14)19-17(15)20-18/h6-7,9-10,12H,2-5,8,11,13,18H2,1H3,(H,19,20). The van der Waals surface area contributed by atoms with E-state index in [0.717, 1.165) is 29.5 Å². The Morgan fingerprint density at radius 1 is 1.14 bits per heavy atom. The molecule has 1 heterocycles. The van der Waals surface area contributed by atoms with Gasteiger partial charge in [0, 0.05) is 17.6 Å². The summed E-state index contributed by atoms with van der Waals surface area (Å²) in [6, 6.07) is 10.1. The minimum Gasteiger partial charge on any atom is -0.377 e. The van der Waals surface area contributed by atoms with Gasteiger partial charge in [0.25, 0.3) is 0 Å². The van der Waals surface area contributed by atoms with Crippen molar-refractivity contribution in [2.75, 3.05) is 12.0 Å². The lowest BCUT2D eigenvalue weighted by atomic mass is 10.1. The zero-order valence-electron chi connectivity index (χ0n) is 12.8. The first-order valence-electron chi connectivity index (χ1n) is 7.78. The number of ether oxygens (including phenoxy) is 1. The van der Waals surface area contributed by atoms with Crippen LogP contribution in [0.1, 0.15) is 44.6 Å². The number of nitrogen functional groups attached to an aromatic ring is 1. The molecule has 0 unspecified atom stereocenters. The molecule has 0 fully saturated rings. The van der Waals surface area contributed by atoms with Crippen LogP contribution in [0.4, 0.5) is 5.82 Å². The number of rotatable bonds is 9. The molecule has 0 amide bonds. The first-order valence-corrected chi connectivity index (χ1v) is 7.78. The Bertz CT molecular complexity index is 557. The summed E-state index contributed by atoms with van der Waals surface area (Å²) in [4.78, 5) is 4.52. The van der Waals surface area contributed by atoms with Gasteiger partial charge >= 0.3 is 0 Å². The average molecular weight is 287 g/mol. The van der Waals surface area contributed by atoms with Gasteiger partial charge in [-0.2, -0.15) is 0 Å². The number of hydrazine groups is 1. The molecule has 0 saturated carbocycles. The minimum absolute atomic E-state index is 0.547. The normalized spacial score (nSPS) is 11.0. The zero-order chi connectivity index (χ0) is 14.9. The van der Waals surface area contributed by atoms with Gasteiger partial charge in [-0.3, -0.25) is 0 Å². The number of nitrogens with two attached hydrogens (primary N) is 1. The van der Waals surface area contributed by atoms with Gasteiger partial charge in [-0.1, -0.05) is 50.8 Å². The van der Waals surface area contributed by atoms with Crippen molar-refractivity contribution in [3.8, 4) is 0 Å². The van der Waals surface area contributed by atoms with Crippen LogP contribution in [0.2, 0.25) is 0 Å². The van der Waals surface area contributed by atoms with Crippen molar-refractivity contribution in [1.29, 1.82) is 0 Å². The lowest BCUT2D eigenvalue weighted by Crippen LogP contribution is -2.12. The van der Waals surface area contributed by atoms with Gasteiger partial charge in [0.05, 0.1) is 12.1 Å². The van der Waals surface area contributed by atoms with Gasteiger partial charge in [0.15, 0.2) is 0 Å². The molecule has 0 aliphatic rings. The van der Waals surface area contributed by atoms with Crippen LogP contribution in [0.3, 0.4) is 0 Å². The Morgan fingerprint density at radius 3 is 2.76 bits per heavy atom. The van der Waals surface area contributed by atoms with Crippen LogP contribution in [0, 0.1) is 0 Å². The maximum Gasteiger partial charge on any atom is 0.146 e. The third kappa shape index (κ3) is 4.69. The summed E-state index contributed by atoms with van der Waals surface area (Å²) in [5.74, 6) is 6.25. The highest BCUT2D eigenvalue weighted by molar-refractivity contribution is 5.81. The van der Waals surface area contributed by atoms with E-state index in [1.807, 2.05) is 18.2 Å². The quantitative estimate of drug-likeness (QED) is 0.415. The van der Waals surface area contributed by atoms with E-state index in [0.29, 0.717) is 12.4 Å². The third-order valence-corrected chi connectivity index (χ3v) is 3.59. The summed E-state index contributed by atoms with van der Waals surface area (Å²) in [7, 11) is 0. The number of unbranched alkanes of at least 4 members (excludes halogenated alkanes) is 4. The van der Waals surface area contributed by atoms with Crippen LogP contribution in [0.25, 0.3) is 10.9 Å². The van der Waals surface area contributed by atoms with Crippen molar-refractivity contribution < 1.29 is 4.74 Å². The smallest absolute Gasteiger partial charge is 0.146 e. The van der Waals surface area contributed by atoms with Gasteiger partial charge in [0.1, 0.15) is 5.82 Å². The van der Waals surface area contributed by atoms with Crippen molar-refractivity contribution in [3.63, 3.8) is 0 Å². The number of nitrogens with zero attached hydrogens (tertiary/aromatic N) is 1. The number of para-hydroxylation sites is 1. The van der Waals surface area contributed by atoms with Crippen molar-refractivity contribution in [3.05, 3.63) is 35.9 Å². The predicted molar refractivity (Wildman–Crippen MR) is 88.0 cm³/mol. The molecule has 4 nitrogen and oxygen atoms in total. The summed E-state index contributed by atoms with van der Waals surface area (Å²) < 4.78 is 5.76. The molecule has 2 aromatic rings. The fourth-order valence-corrected chi connectivity index (χ4v) is 2.38. The van der Waals surface area contributed by atoms with Crippen LogP contribution in [-0.4, -0.2) is 11.6 Å². The maximum absolute atomic E-state index is 5.76. The Morgan fingerprint density at radius 2 is 1.95 bits per heavy atom. The number of anilines is 1. The van der Waals surface area contributed by atoms with E-state index in [4.69, 9.17) is 10.6 Å². The van der Waals surface area contributed by atoms with Crippen LogP contribution in [0.15, 0.2) is 30.3 Å². The number of hydrogen-bond acceptors (Lipinski definition) is 4. The summed E-state index contributed by atoms with van der Waals surface area (Å²) in [6.45, 7) is 3.57. The molecule has 0 saturated heterocycles. The summed E-state index contributed by atoms with van der Waals surface area (Å²) in [5, 5.41) is 1.11. The van der Waals surface area contributed by atoms with Crippen LogP contribution in [0.5, 0.6) is 0 Å². The summed E-state index contributed by atoms with van der Waals surface area (Å²) >= 11 is 0. The molecule has 0 aliphatic carbocycles. The minimum atomic E-state index is 0.547. The van der Waals surface area contributed by atoms with E-state index in [1.54, 1.807) is 0 Å². The summed E-state index contributed by atoms with van der Waals surface area (Å²) in [5.41, 5.74) is 4.61. The Hall–Kier alpha value is -1.65. The first-order chi connectivity index (χ1) is 10.3. The van der Waals surface area contributed by atoms with Crippen molar-refractivity contribution in [2.24, 2.45) is 5.84 Å². The molecule has 114 valence electrons. The van der Waals surface area contributed by atoms with E-state index in [1.165, 1.54) is 25.7 Å². The number of aromatic nitrogens is 1. The first kappa shape index (κ1) is 15.7. The highest BCUT2D eigenvalue weighted by atomic mass is 16.5. The topological polar surface area (TPSA) is 60.2 Å². The predicted octanol–water partition coefficient (Wildman–Crippen LogP) is 4.01. The van der Waals surface area contributed by atoms with Crippen LogP contribution >= 0.6 is 0 Å². The molecular formula is C17H25N3O. The molecular weight excluding hydrogens is 262 g/mol. The van der Waals surface area contributed by atoms with E-state index in [2.05, 4.69) is 29.5 Å². The van der Waals surface area contributed by atoms with Gasteiger partial charge in [-0.05, 0) is 18.6 Å². The highest BCUT2D eigenvalue weighted by Gasteiger charge is 2.06. The zero-order valence-corrected chi connectivity index (χ0v) is 12.8. The number of hydrogen-bond donors (Lipinski definition) is 2. The van der Waals surface area contributed by atoms with Gasteiger partial charge in [0.2, 0.25) is 0 Å². The number of benzene rings is 1. The molecule has 1 aromatic heterocycles. The fourth-order valence-electron chi connectivity index (χ4n) is 2.38. The van der Waals surface area contributed by atoms with Gasteiger partial charge in [-0.25, -0.2) is 10.8 Å². The third-order valence-electron chi connectivity index (χ3n) is 3.59. The molecule has 2 rings (SSSR count). The maximum atomic E-state index is 5.76. The largest absolute Gasteiger partial charge is 0.377 e. The molecule has 1 aromatic carbocycles. The molecule has 0 atom stereocenters. The van der Waals surface area contributed by atoms with Crippen LogP contribution < -0.4 is 11.3 Å². The fraction of sp³-hybridized carbons (Fsp3) is 0.471. The molecule has 0 radical (unpaired) electrons. The van der Waals surface area contributed by atoms with E-state index < -0.39 is 0 Å². The van der Waals surface area contributed by atoms with Crippen molar-refractivity contribution >= 4 is 16.7 Å². The lowest BCUT2D eigenvalue weighted by molar-refractivity contribution is 0.117. The molecule has 0 spiro atoms. The number of pyridine rings is 1. The molecule has 0 aliphatic heterocycles. The molecule has 3 N–H and O–H groups in total. The number of nitrogens with one attached hydrogen (secondary N) is 1. The molecule has 4 heteroatoms. The SMILES string of the molecule is CCCCCCCOCc1cc2ccccc2nc1NN. The Labute approximate surface area is 126 Å². The lowest BCUT2D eigenvalue weighted by Gasteiger charge is -2.10. The second kappa shape index (κ2) is 8.60. The van der Waals surface area contributed by atoms with Gasteiger partial charge in [-0.15, -0.1) is 0 Å². The molecule has 21 heavy (non-hydrogen) atoms. The van der Waals surface area contributed by atoms with E-state index >= 15 is 0 Å². The molecule has 0 bridgehead atoms. The van der Waals surface area contributed by atoms with Crippen molar-refractivity contribution in [2.45, 2.75) is 45.6 Å². The van der Waals surface area contributed by atoms with Crippen LogP contribution in [-0.2, 0) is 11.3 Å². The Kier molecular flexibility index (Phi) is 6.44. The second-order valence-corrected chi connectivity index (χ2v) is 5.30. The average Bonchev–Trinajstić information content (AvgIpc) is 2.53. The van der Waals surface area contributed by atoms with Crippen molar-refractivity contribution in [1.82, 2.24) is 4.98 Å².